The first-order chi connectivity index (χ1) is 7.11. The van der Waals surface area contributed by atoms with E-state index in [0.29, 0.717) is 0 Å². The average Bonchev–Trinajstić information content (AvgIpc) is 2.17. The topological polar surface area (TPSA) is 18.5 Å². The van der Waals surface area contributed by atoms with Crippen LogP contribution in [0.15, 0.2) is 0 Å². The normalized spacial score (nSPS) is 27.6. The Morgan fingerprint density at radius 2 is 1.93 bits per heavy atom. The zero-order chi connectivity index (χ0) is 11.3. The molecule has 1 rings (SSSR count). The molecule has 2 atom stereocenters. The molecule has 1 aliphatic heterocycles. The maximum absolute atomic E-state index is 3.46. The lowest BCUT2D eigenvalue weighted by molar-refractivity contribution is 0.144. The lowest BCUT2D eigenvalue weighted by atomic mass is 9.94. The van der Waals surface area contributed by atoms with E-state index in [-0.39, 0.29) is 0 Å². The minimum Gasteiger partial charge on any atom is -0.316 e. The number of hydrogen-bond donors (Lipinski definition) is 1. The highest BCUT2D eigenvalue weighted by Crippen LogP contribution is 2.16. The molecule has 0 amide bonds. The van der Waals surface area contributed by atoms with Gasteiger partial charge in [-0.05, 0) is 66.1 Å². The van der Waals surface area contributed by atoms with Crippen molar-refractivity contribution in [2.75, 3.05) is 47.3 Å². The van der Waals surface area contributed by atoms with Crippen LogP contribution in [-0.2, 0) is 0 Å². The fourth-order valence-corrected chi connectivity index (χ4v) is 2.46. The first-order valence-corrected chi connectivity index (χ1v) is 6.17. The van der Waals surface area contributed by atoms with Gasteiger partial charge in [0.1, 0.15) is 0 Å². The molecule has 0 saturated carbocycles. The van der Waals surface area contributed by atoms with Crippen LogP contribution < -0.4 is 5.32 Å². The molecule has 3 heteroatoms. The molecule has 0 radical (unpaired) electrons. The third kappa shape index (κ3) is 4.49. The molecule has 2 unspecified atom stereocenters. The van der Waals surface area contributed by atoms with Gasteiger partial charge >= 0.3 is 0 Å². The third-order valence-electron chi connectivity index (χ3n) is 3.42. The highest BCUT2D eigenvalue weighted by molar-refractivity contribution is 4.81. The smallest absolute Gasteiger partial charge is 0.0142 e. The van der Waals surface area contributed by atoms with Crippen LogP contribution in [-0.4, -0.2) is 63.2 Å². The second kappa shape index (κ2) is 6.46. The van der Waals surface area contributed by atoms with E-state index in [4.69, 9.17) is 0 Å². The van der Waals surface area contributed by atoms with Crippen molar-refractivity contribution in [1.29, 1.82) is 0 Å². The molecule has 0 aliphatic carbocycles. The van der Waals surface area contributed by atoms with Crippen LogP contribution >= 0.6 is 0 Å². The number of piperidine rings is 1. The zero-order valence-electron chi connectivity index (χ0n) is 10.8. The molecule has 1 saturated heterocycles. The van der Waals surface area contributed by atoms with Crippen molar-refractivity contribution >= 4 is 0 Å². The van der Waals surface area contributed by atoms with Gasteiger partial charge in [-0.3, -0.25) is 0 Å². The molecular weight excluding hydrogens is 186 g/mol. The van der Waals surface area contributed by atoms with Crippen LogP contribution in [0.25, 0.3) is 0 Å². The molecular formula is C12H27N3. The number of nitrogens with one attached hydrogen (secondary N) is 1. The van der Waals surface area contributed by atoms with Gasteiger partial charge in [0.05, 0.1) is 0 Å². The van der Waals surface area contributed by atoms with Crippen molar-refractivity contribution in [3.63, 3.8) is 0 Å². The van der Waals surface area contributed by atoms with Crippen molar-refractivity contribution in [3.05, 3.63) is 0 Å². The Hall–Kier alpha value is -0.120. The summed E-state index contributed by atoms with van der Waals surface area (Å²) in [6.07, 6.45) is 2.58. The third-order valence-corrected chi connectivity index (χ3v) is 3.42. The van der Waals surface area contributed by atoms with Gasteiger partial charge in [-0.15, -0.1) is 0 Å². The molecule has 15 heavy (non-hydrogen) atoms. The number of rotatable bonds is 5. The Kier molecular flexibility index (Phi) is 5.58. The van der Waals surface area contributed by atoms with Crippen molar-refractivity contribution in [3.8, 4) is 0 Å². The van der Waals surface area contributed by atoms with Crippen molar-refractivity contribution < 1.29 is 0 Å². The number of hydrogen-bond acceptors (Lipinski definition) is 3. The summed E-state index contributed by atoms with van der Waals surface area (Å²) in [6, 6.07) is 0.786. The van der Waals surface area contributed by atoms with E-state index in [1.165, 1.54) is 39.0 Å². The first-order valence-electron chi connectivity index (χ1n) is 6.17. The highest BCUT2D eigenvalue weighted by Gasteiger charge is 2.24. The van der Waals surface area contributed by atoms with Crippen LogP contribution in [0.4, 0.5) is 0 Å². The molecule has 0 spiro atoms. The lowest BCUT2D eigenvalue weighted by Gasteiger charge is -2.36. The van der Waals surface area contributed by atoms with Crippen molar-refractivity contribution in [2.24, 2.45) is 5.92 Å². The molecule has 3 nitrogen and oxygen atoms in total. The molecule has 0 bridgehead atoms. The standard InChI is InChI=1S/C12H27N3/c1-11-10-13-7-6-12(11)15(4)9-5-8-14(2)3/h11-13H,5-10H2,1-4H3. The van der Waals surface area contributed by atoms with Gasteiger partial charge in [0.15, 0.2) is 0 Å². The van der Waals surface area contributed by atoms with Crippen LogP contribution in [0.3, 0.4) is 0 Å². The summed E-state index contributed by atoms with van der Waals surface area (Å²) in [4.78, 5) is 4.81. The van der Waals surface area contributed by atoms with E-state index >= 15 is 0 Å². The summed E-state index contributed by atoms with van der Waals surface area (Å²) < 4.78 is 0. The molecule has 1 N–H and O–H groups in total. The van der Waals surface area contributed by atoms with Crippen LogP contribution in [0.2, 0.25) is 0 Å². The fourth-order valence-electron chi connectivity index (χ4n) is 2.46. The van der Waals surface area contributed by atoms with Crippen molar-refractivity contribution in [1.82, 2.24) is 15.1 Å². The molecule has 0 aromatic rings. The van der Waals surface area contributed by atoms with Gasteiger partial charge in [-0.25, -0.2) is 0 Å². The Balaban J connectivity index is 2.22. The summed E-state index contributed by atoms with van der Waals surface area (Å²) in [5.74, 6) is 0.795. The average molecular weight is 213 g/mol. The maximum atomic E-state index is 3.46. The molecule has 1 fully saturated rings. The predicted octanol–water partition coefficient (Wildman–Crippen LogP) is 0.868. The van der Waals surface area contributed by atoms with Gasteiger partial charge in [0, 0.05) is 6.04 Å². The van der Waals surface area contributed by atoms with Gasteiger partial charge < -0.3 is 15.1 Å². The second-order valence-corrected chi connectivity index (χ2v) is 5.17. The summed E-state index contributed by atoms with van der Waals surface area (Å²) in [5, 5.41) is 3.46. The van der Waals surface area contributed by atoms with E-state index in [1.54, 1.807) is 0 Å². The Bertz CT molecular complexity index is 170. The summed E-state index contributed by atoms with van der Waals surface area (Å²) in [6.45, 7) is 7.16. The van der Waals surface area contributed by atoms with E-state index in [0.717, 1.165) is 12.0 Å². The SMILES string of the molecule is CC1CNCCC1N(C)CCCN(C)C. The summed E-state index contributed by atoms with van der Waals surface area (Å²) >= 11 is 0. The molecule has 0 aromatic carbocycles. The molecule has 1 heterocycles. The van der Waals surface area contributed by atoms with Gasteiger partial charge in [0.25, 0.3) is 0 Å². The Labute approximate surface area is 94.8 Å². The second-order valence-electron chi connectivity index (χ2n) is 5.17. The van der Waals surface area contributed by atoms with E-state index in [9.17, 15) is 0 Å². The summed E-state index contributed by atoms with van der Waals surface area (Å²) in [7, 11) is 6.57. The van der Waals surface area contributed by atoms with Crippen LogP contribution in [0, 0.1) is 5.92 Å². The fraction of sp³-hybridized carbons (Fsp3) is 1.00. The van der Waals surface area contributed by atoms with E-state index in [1.807, 2.05) is 0 Å². The maximum Gasteiger partial charge on any atom is 0.0142 e. The van der Waals surface area contributed by atoms with Crippen LogP contribution in [0.5, 0.6) is 0 Å². The first kappa shape index (κ1) is 12.9. The molecule has 1 aliphatic rings. The zero-order valence-corrected chi connectivity index (χ0v) is 10.8. The van der Waals surface area contributed by atoms with Crippen molar-refractivity contribution in [2.45, 2.75) is 25.8 Å². The largest absolute Gasteiger partial charge is 0.316 e. The lowest BCUT2D eigenvalue weighted by Crippen LogP contribution is -2.47. The Morgan fingerprint density at radius 3 is 2.53 bits per heavy atom. The minimum absolute atomic E-state index is 0.786. The van der Waals surface area contributed by atoms with Gasteiger partial charge in [0.2, 0.25) is 0 Å². The molecule has 0 aromatic heterocycles. The van der Waals surface area contributed by atoms with E-state index < -0.39 is 0 Å². The van der Waals surface area contributed by atoms with Crippen LogP contribution in [0.1, 0.15) is 19.8 Å². The Morgan fingerprint density at radius 1 is 1.20 bits per heavy atom. The van der Waals surface area contributed by atoms with Gasteiger partial charge in [-0.1, -0.05) is 6.92 Å². The van der Waals surface area contributed by atoms with Gasteiger partial charge in [-0.2, -0.15) is 0 Å². The number of nitrogens with zero attached hydrogens (tertiary/aromatic N) is 2. The monoisotopic (exact) mass is 213 g/mol. The quantitative estimate of drug-likeness (QED) is 0.731. The molecule has 90 valence electrons. The minimum atomic E-state index is 0.786. The predicted molar refractivity (Wildman–Crippen MR) is 66.2 cm³/mol. The summed E-state index contributed by atoms with van der Waals surface area (Å²) in [5.41, 5.74) is 0. The highest BCUT2D eigenvalue weighted by atomic mass is 15.2. The van der Waals surface area contributed by atoms with E-state index in [2.05, 4.69) is 43.2 Å².